The van der Waals surface area contributed by atoms with E-state index in [0.717, 1.165) is 11.1 Å². The van der Waals surface area contributed by atoms with Gasteiger partial charge in [0.2, 0.25) is 0 Å². The van der Waals surface area contributed by atoms with E-state index in [1.165, 1.54) is 23.1 Å². The fourth-order valence-electron chi connectivity index (χ4n) is 6.93. The zero-order chi connectivity index (χ0) is 34.7. The van der Waals surface area contributed by atoms with Crippen molar-refractivity contribution in [2.75, 3.05) is 31.6 Å². The number of nitrogens with zero attached hydrogens (tertiary/aromatic N) is 3. The van der Waals surface area contributed by atoms with Crippen LogP contribution < -0.4 is 10.2 Å². The van der Waals surface area contributed by atoms with E-state index < -0.39 is 17.6 Å². The number of nitrogens with one attached hydrogen (secondary N) is 1. The summed E-state index contributed by atoms with van der Waals surface area (Å²) in [5.41, 5.74) is 3.02. The molecule has 2 aliphatic heterocycles. The second kappa shape index (κ2) is 14.5. The van der Waals surface area contributed by atoms with Gasteiger partial charge in [0.05, 0.1) is 32.9 Å². The minimum absolute atomic E-state index is 0.0549. The molecular formula is C38H35Cl2FN4O4. The monoisotopic (exact) mass is 700 g/mol. The number of aromatic hydroxyl groups is 1. The van der Waals surface area contributed by atoms with Gasteiger partial charge in [0.1, 0.15) is 17.2 Å². The zero-order valence-electron chi connectivity index (χ0n) is 26.8. The van der Waals surface area contributed by atoms with Crippen molar-refractivity contribution in [2.45, 2.75) is 43.2 Å². The molecule has 1 saturated heterocycles. The molecule has 0 saturated carbocycles. The van der Waals surface area contributed by atoms with Crippen molar-refractivity contribution in [2.24, 2.45) is 0 Å². The van der Waals surface area contributed by atoms with Gasteiger partial charge in [-0.05, 0) is 78.6 Å². The van der Waals surface area contributed by atoms with Gasteiger partial charge < -0.3 is 15.2 Å². The first-order valence-electron chi connectivity index (χ1n) is 16.1. The second-order valence-corrected chi connectivity index (χ2v) is 13.4. The summed E-state index contributed by atoms with van der Waals surface area (Å²) in [6, 6.07) is 25.9. The van der Waals surface area contributed by atoms with Crippen molar-refractivity contribution in [1.29, 1.82) is 5.26 Å². The van der Waals surface area contributed by atoms with Gasteiger partial charge in [0.25, 0.3) is 5.91 Å². The van der Waals surface area contributed by atoms with Crippen LogP contribution in [0.25, 0.3) is 0 Å². The molecule has 2 N–H and O–H groups in total. The Morgan fingerprint density at radius 2 is 1.78 bits per heavy atom. The average Bonchev–Trinajstić information content (AvgIpc) is 3.10. The van der Waals surface area contributed by atoms with Crippen LogP contribution in [0.3, 0.4) is 0 Å². The van der Waals surface area contributed by atoms with Crippen molar-refractivity contribution in [1.82, 2.24) is 10.2 Å². The lowest BCUT2D eigenvalue weighted by atomic mass is 9.80. The maximum atomic E-state index is 14.5. The zero-order valence-corrected chi connectivity index (χ0v) is 28.3. The number of likely N-dealkylation sites (tertiary alicyclic amines) is 1. The summed E-state index contributed by atoms with van der Waals surface area (Å²) in [5, 5.41) is 23.5. The van der Waals surface area contributed by atoms with Gasteiger partial charge in [-0.3, -0.25) is 14.6 Å². The molecule has 0 aliphatic carbocycles. The number of phenols is 1. The number of anilines is 1. The molecular weight excluding hydrogens is 666 g/mol. The Balaban J connectivity index is 1.30. The van der Waals surface area contributed by atoms with Gasteiger partial charge in [-0.25, -0.2) is 9.18 Å². The summed E-state index contributed by atoms with van der Waals surface area (Å²) < 4.78 is 20.6. The van der Waals surface area contributed by atoms with Gasteiger partial charge in [-0.2, -0.15) is 5.26 Å². The highest BCUT2D eigenvalue weighted by molar-refractivity contribution is 6.42. The number of rotatable bonds is 9. The molecule has 4 aromatic rings. The lowest BCUT2D eigenvalue weighted by molar-refractivity contribution is -0.0502. The third kappa shape index (κ3) is 7.37. The number of hydrogen-bond acceptors (Lipinski definition) is 6. The Hall–Kier alpha value is -4.62. The minimum Gasteiger partial charge on any atom is -0.507 e. The number of ether oxygens (including phenoxy) is 1. The van der Waals surface area contributed by atoms with E-state index in [1.54, 1.807) is 49.5 Å². The molecule has 1 fully saturated rings. The van der Waals surface area contributed by atoms with Crippen LogP contribution in [0, 0.1) is 17.1 Å². The largest absolute Gasteiger partial charge is 0.507 e. The Labute approximate surface area is 294 Å². The van der Waals surface area contributed by atoms with E-state index in [-0.39, 0.29) is 35.6 Å². The number of hydrogen-bond donors (Lipinski definition) is 2. The van der Waals surface area contributed by atoms with Gasteiger partial charge >= 0.3 is 6.09 Å². The Morgan fingerprint density at radius 3 is 2.47 bits per heavy atom. The van der Waals surface area contributed by atoms with Gasteiger partial charge in [0.15, 0.2) is 0 Å². The first-order valence-corrected chi connectivity index (χ1v) is 16.8. The van der Waals surface area contributed by atoms with Crippen molar-refractivity contribution in [3.05, 3.63) is 129 Å². The molecule has 0 aromatic heterocycles. The predicted molar refractivity (Wildman–Crippen MR) is 187 cm³/mol. The average molecular weight is 702 g/mol. The summed E-state index contributed by atoms with van der Waals surface area (Å²) in [6.45, 7) is 1.38. The summed E-state index contributed by atoms with van der Waals surface area (Å²) in [6.07, 6.45) is 1.70. The fourth-order valence-corrected chi connectivity index (χ4v) is 7.24. The molecule has 1 spiro atoms. The van der Waals surface area contributed by atoms with E-state index in [9.17, 15) is 24.3 Å². The third-order valence-electron chi connectivity index (χ3n) is 9.67. The Morgan fingerprint density at radius 1 is 1.04 bits per heavy atom. The topological polar surface area (TPSA) is 106 Å². The number of carbonyl (C=O) groups excluding carboxylic acids is 2. The highest BCUT2D eigenvalue weighted by Gasteiger charge is 2.47. The second-order valence-electron chi connectivity index (χ2n) is 12.6. The number of halogens is 3. The van der Waals surface area contributed by atoms with Crippen LogP contribution in [0.15, 0.2) is 84.9 Å². The third-order valence-corrected chi connectivity index (χ3v) is 10.4. The fraction of sp³-hybridized carbons (Fsp3) is 0.289. The van der Waals surface area contributed by atoms with E-state index in [1.807, 2.05) is 24.3 Å². The number of phenolic OH excluding ortho intramolecular Hbond substituents is 1. The number of amides is 2. The van der Waals surface area contributed by atoms with Crippen LogP contribution in [0.4, 0.5) is 14.9 Å². The van der Waals surface area contributed by atoms with Crippen LogP contribution in [-0.2, 0) is 16.8 Å². The normalized spacial score (nSPS) is 16.7. The number of carbonyl (C=O) groups is 2. The van der Waals surface area contributed by atoms with Crippen LogP contribution in [0.1, 0.15) is 57.8 Å². The van der Waals surface area contributed by atoms with E-state index in [4.69, 9.17) is 27.9 Å². The summed E-state index contributed by atoms with van der Waals surface area (Å²) in [4.78, 5) is 29.9. The Kier molecular flexibility index (Phi) is 10.1. The lowest BCUT2D eigenvalue weighted by Gasteiger charge is -2.48. The van der Waals surface area contributed by atoms with E-state index >= 15 is 0 Å². The van der Waals surface area contributed by atoms with Crippen LogP contribution in [0.5, 0.6) is 5.75 Å². The predicted octanol–water partition coefficient (Wildman–Crippen LogP) is 7.80. The number of benzene rings is 4. The molecule has 2 aliphatic rings. The summed E-state index contributed by atoms with van der Waals surface area (Å²) in [5.74, 6) is -1.11. The van der Waals surface area contributed by atoms with Crippen molar-refractivity contribution in [3.8, 4) is 11.8 Å². The van der Waals surface area contributed by atoms with Crippen molar-refractivity contribution >= 4 is 40.9 Å². The quantitative estimate of drug-likeness (QED) is 0.185. The van der Waals surface area contributed by atoms with Crippen LogP contribution >= 0.6 is 23.2 Å². The van der Waals surface area contributed by atoms with E-state index in [0.29, 0.717) is 65.6 Å². The maximum Gasteiger partial charge on any atom is 0.414 e. The van der Waals surface area contributed by atoms with Gasteiger partial charge in [-0.1, -0.05) is 53.5 Å². The molecule has 4 aromatic carbocycles. The number of piperidine rings is 1. The van der Waals surface area contributed by atoms with E-state index in [2.05, 4.69) is 16.3 Å². The minimum atomic E-state index is -0.953. The van der Waals surface area contributed by atoms with Crippen LogP contribution in [0.2, 0.25) is 10.0 Å². The van der Waals surface area contributed by atoms with Crippen LogP contribution in [-0.4, -0.2) is 54.7 Å². The van der Waals surface area contributed by atoms with Crippen molar-refractivity contribution in [3.63, 3.8) is 0 Å². The molecule has 8 nitrogen and oxygen atoms in total. The standard InChI is InChI=1S/C38H35Cl2FN4O4/c1-44-34-13-11-28(41)21-31(34)38(49-37(44)48)14-16-45(17-15-38)29(18-24-6-8-25(22-42)9-7-24)19-27(26-10-12-32(39)33(40)20-26)23-43-36(47)30-4-2-3-5-35(30)46/h2-13,20-21,27,29,46H,14-19,23H2,1H3,(H,43,47). The lowest BCUT2D eigenvalue weighted by Crippen LogP contribution is -2.53. The number of nitriles is 1. The molecule has 0 bridgehead atoms. The smallest absolute Gasteiger partial charge is 0.414 e. The van der Waals surface area contributed by atoms with Gasteiger partial charge in [0, 0.05) is 57.0 Å². The summed E-state index contributed by atoms with van der Waals surface area (Å²) in [7, 11) is 1.62. The first-order chi connectivity index (χ1) is 23.6. The van der Waals surface area contributed by atoms with Crippen molar-refractivity contribution < 1.29 is 23.8 Å². The molecule has 252 valence electrons. The number of fused-ring (bicyclic) bond motifs is 2. The number of para-hydroxylation sites is 1. The highest BCUT2D eigenvalue weighted by atomic mass is 35.5. The molecule has 2 atom stereocenters. The maximum absolute atomic E-state index is 14.5. The molecule has 0 radical (unpaired) electrons. The Bertz CT molecular complexity index is 1910. The first kappa shape index (κ1) is 34.3. The molecule has 2 unspecified atom stereocenters. The van der Waals surface area contributed by atoms with Gasteiger partial charge in [-0.15, -0.1) is 0 Å². The summed E-state index contributed by atoms with van der Waals surface area (Å²) >= 11 is 12.8. The highest BCUT2D eigenvalue weighted by Crippen LogP contribution is 2.46. The molecule has 2 amide bonds. The molecule has 2 heterocycles. The molecule has 49 heavy (non-hydrogen) atoms. The SMILES string of the molecule is CN1C(=O)OC2(CCN(C(Cc3ccc(C#N)cc3)CC(CNC(=O)c3ccccc3O)c3ccc(Cl)c(Cl)c3)CC2)c2cc(F)ccc21. The molecule has 11 heteroatoms. The molecule has 6 rings (SSSR count).